The van der Waals surface area contributed by atoms with Crippen LogP contribution in [0.25, 0.3) is 0 Å². The topological polar surface area (TPSA) is 69.0 Å². The van der Waals surface area contributed by atoms with Crippen LogP contribution in [0.15, 0.2) is 52.1 Å². The largest absolute Gasteiger partial charge is 0.463 e. The molecule has 3 aromatic rings. The van der Waals surface area contributed by atoms with Crippen molar-refractivity contribution in [2.45, 2.75) is 44.6 Å². The van der Waals surface area contributed by atoms with Crippen LogP contribution in [0, 0.1) is 13.8 Å². The van der Waals surface area contributed by atoms with Crippen molar-refractivity contribution in [1.82, 2.24) is 14.8 Å². The number of carbonyl (C=O) groups excluding carboxylic acids is 1. The molecule has 1 aromatic carbocycles. The first kappa shape index (κ1) is 20.7. The highest BCUT2D eigenvalue weighted by atomic mass is 32.2. The Kier molecular flexibility index (Phi) is 5.97. The Hall–Kier alpha value is -2.58. The van der Waals surface area contributed by atoms with Crippen molar-refractivity contribution in [2.24, 2.45) is 0 Å². The molecular weight excluding hydrogens is 416 g/mol. The van der Waals surface area contributed by atoms with Gasteiger partial charge in [0, 0.05) is 16.3 Å². The van der Waals surface area contributed by atoms with Crippen LogP contribution in [0.4, 0.5) is 5.95 Å². The molecule has 0 spiro atoms. The summed E-state index contributed by atoms with van der Waals surface area (Å²) >= 11 is 3.19. The van der Waals surface area contributed by atoms with E-state index < -0.39 is 0 Å². The number of anilines is 1. The number of aryl methyl sites for hydroxylation is 2. The zero-order valence-electron chi connectivity index (χ0n) is 17.4. The van der Waals surface area contributed by atoms with Gasteiger partial charge in [-0.15, -0.1) is 16.4 Å². The molecule has 0 amide bonds. The van der Waals surface area contributed by atoms with E-state index in [9.17, 15) is 4.79 Å². The lowest BCUT2D eigenvalue weighted by atomic mass is 10.0. The van der Waals surface area contributed by atoms with Gasteiger partial charge in [0.1, 0.15) is 6.04 Å². The molecule has 0 fully saturated rings. The number of fused-ring (bicyclic) bond motifs is 1. The van der Waals surface area contributed by atoms with E-state index in [-0.39, 0.29) is 12.0 Å². The average Bonchev–Trinajstić information content (AvgIpc) is 3.36. The summed E-state index contributed by atoms with van der Waals surface area (Å²) in [6.07, 6.45) is 0. The number of thiophene rings is 1. The molecule has 0 bridgehead atoms. The molecule has 1 atom stereocenters. The molecule has 0 saturated heterocycles. The zero-order chi connectivity index (χ0) is 21.3. The summed E-state index contributed by atoms with van der Waals surface area (Å²) in [5.41, 5.74) is 5.11. The number of benzene rings is 1. The molecule has 0 saturated carbocycles. The van der Waals surface area contributed by atoms with Crippen LogP contribution in [0.2, 0.25) is 0 Å². The van der Waals surface area contributed by atoms with Crippen molar-refractivity contribution in [3.05, 3.63) is 68.5 Å². The second kappa shape index (κ2) is 8.65. The Morgan fingerprint density at radius 1 is 1.30 bits per heavy atom. The number of aromatic nitrogens is 3. The van der Waals surface area contributed by atoms with Crippen LogP contribution in [-0.2, 0) is 15.3 Å². The van der Waals surface area contributed by atoms with E-state index >= 15 is 0 Å². The van der Waals surface area contributed by atoms with Crippen molar-refractivity contribution in [1.29, 1.82) is 0 Å². The first-order valence-electron chi connectivity index (χ1n) is 9.81. The van der Waals surface area contributed by atoms with Crippen LogP contribution < -0.4 is 5.32 Å². The van der Waals surface area contributed by atoms with Gasteiger partial charge < -0.3 is 10.1 Å². The number of thioether (sulfide) groups is 1. The minimum atomic E-state index is -0.344. The third-order valence-electron chi connectivity index (χ3n) is 5.00. The Labute approximate surface area is 184 Å². The van der Waals surface area contributed by atoms with Gasteiger partial charge in [-0.05, 0) is 50.3 Å². The van der Waals surface area contributed by atoms with Gasteiger partial charge in [0.05, 0.1) is 12.2 Å². The number of esters is 1. The molecule has 8 heteroatoms. The Balaban J connectivity index is 1.65. The lowest BCUT2D eigenvalue weighted by molar-refractivity contribution is -0.139. The highest BCUT2D eigenvalue weighted by Crippen LogP contribution is 2.38. The first-order chi connectivity index (χ1) is 14.5. The molecule has 1 N–H and O–H groups in total. The lowest BCUT2D eigenvalue weighted by Crippen LogP contribution is -2.29. The van der Waals surface area contributed by atoms with Crippen LogP contribution in [0.5, 0.6) is 0 Å². The van der Waals surface area contributed by atoms with Gasteiger partial charge in [-0.1, -0.05) is 41.6 Å². The number of nitrogens with zero attached hydrogens (tertiary/aromatic N) is 3. The molecule has 4 rings (SSSR count). The molecular formula is C22H24N4O2S2. The summed E-state index contributed by atoms with van der Waals surface area (Å²) in [5.74, 6) is 1.10. The summed E-state index contributed by atoms with van der Waals surface area (Å²) in [6, 6.07) is 10.1. The van der Waals surface area contributed by atoms with E-state index in [0.717, 1.165) is 16.3 Å². The van der Waals surface area contributed by atoms with Gasteiger partial charge >= 0.3 is 5.97 Å². The Morgan fingerprint density at radius 2 is 2.13 bits per heavy atom. The zero-order valence-corrected chi connectivity index (χ0v) is 19.1. The smallest absolute Gasteiger partial charge is 0.338 e. The Bertz CT molecular complexity index is 1100. The Morgan fingerprint density at radius 3 is 2.83 bits per heavy atom. The maximum absolute atomic E-state index is 12.7. The first-order valence-corrected chi connectivity index (χ1v) is 11.7. The van der Waals surface area contributed by atoms with E-state index in [1.54, 1.807) is 27.8 Å². The number of hydrogen-bond donors (Lipinski definition) is 1. The van der Waals surface area contributed by atoms with Crippen molar-refractivity contribution >= 4 is 35.0 Å². The number of allylic oxidation sites excluding steroid dienone is 1. The highest BCUT2D eigenvalue weighted by Gasteiger charge is 2.35. The molecule has 2 aromatic heterocycles. The van der Waals surface area contributed by atoms with Gasteiger partial charge in [-0.2, -0.15) is 4.98 Å². The molecule has 1 aliphatic rings. The van der Waals surface area contributed by atoms with Gasteiger partial charge in [-0.25, -0.2) is 9.48 Å². The second-order valence-corrected chi connectivity index (χ2v) is 9.11. The third kappa shape index (κ3) is 4.02. The van der Waals surface area contributed by atoms with Gasteiger partial charge in [0.25, 0.3) is 0 Å². The van der Waals surface area contributed by atoms with Crippen molar-refractivity contribution in [3.8, 4) is 0 Å². The normalized spacial score (nSPS) is 15.7. The van der Waals surface area contributed by atoms with Crippen LogP contribution >= 0.6 is 23.1 Å². The van der Waals surface area contributed by atoms with Crippen molar-refractivity contribution < 1.29 is 9.53 Å². The average molecular weight is 441 g/mol. The number of hydrogen-bond acceptors (Lipinski definition) is 7. The van der Waals surface area contributed by atoms with E-state index in [1.807, 2.05) is 31.4 Å². The fourth-order valence-corrected chi connectivity index (χ4v) is 5.25. The number of carbonyl (C=O) groups is 1. The second-order valence-electron chi connectivity index (χ2n) is 7.18. The van der Waals surface area contributed by atoms with Gasteiger partial charge in [0.15, 0.2) is 0 Å². The monoisotopic (exact) mass is 440 g/mol. The summed E-state index contributed by atoms with van der Waals surface area (Å²) < 4.78 is 7.13. The molecule has 1 aliphatic heterocycles. The molecule has 30 heavy (non-hydrogen) atoms. The SMILES string of the molecule is CCOC(=O)C1=C(C)Nc2nc(SCc3ccc(C)cc3C)nn2[C@@H]1c1cccs1. The van der Waals surface area contributed by atoms with E-state index in [4.69, 9.17) is 9.84 Å². The van der Waals surface area contributed by atoms with Crippen LogP contribution in [0.1, 0.15) is 41.5 Å². The highest BCUT2D eigenvalue weighted by molar-refractivity contribution is 7.98. The maximum atomic E-state index is 12.7. The predicted octanol–water partition coefficient (Wildman–Crippen LogP) is 5.10. The molecule has 3 heterocycles. The van der Waals surface area contributed by atoms with Gasteiger partial charge in [-0.3, -0.25) is 0 Å². The van der Waals surface area contributed by atoms with Crippen molar-refractivity contribution in [3.63, 3.8) is 0 Å². The molecule has 0 aliphatic carbocycles. The minimum absolute atomic E-state index is 0.327. The molecule has 0 unspecified atom stereocenters. The van der Waals surface area contributed by atoms with E-state index in [0.29, 0.717) is 23.3 Å². The predicted molar refractivity (Wildman–Crippen MR) is 121 cm³/mol. The van der Waals surface area contributed by atoms with Gasteiger partial charge in [0.2, 0.25) is 11.1 Å². The summed E-state index contributed by atoms with van der Waals surface area (Å²) in [7, 11) is 0. The van der Waals surface area contributed by atoms with Crippen molar-refractivity contribution in [2.75, 3.05) is 11.9 Å². The molecule has 0 radical (unpaired) electrons. The lowest BCUT2D eigenvalue weighted by Gasteiger charge is -2.26. The number of ether oxygens (including phenoxy) is 1. The fourth-order valence-electron chi connectivity index (χ4n) is 3.53. The van der Waals surface area contributed by atoms with Crippen LogP contribution in [0.3, 0.4) is 0 Å². The summed E-state index contributed by atoms with van der Waals surface area (Å²) in [6.45, 7) is 8.25. The summed E-state index contributed by atoms with van der Waals surface area (Å²) in [5, 5.41) is 10.7. The number of nitrogens with one attached hydrogen (secondary N) is 1. The number of rotatable bonds is 6. The third-order valence-corrected chi connectivity index (χ3v) is 6.81. The van der Waals surface area contributed by atoms with Crippen LogP contribution in [-0.4, -0.2) is 27.3 Å². The minimum Gasteiger partial charge on any atom is -0.463 e. The molecule has 6 nitrogen and oxygen atoms in total. The van der Waals surface area contributed by atoms with E-state index in [1.165, 1.54) is 16.7 Å². The maximum Gasteiger partial charge on any atom is 0.338 e. The van der Waals surface area contributed by atoms with E-state index in [2.05, 4.69) is 42.3 Å². The fraction of sp³-hybridized carbons (Fsp3) is 0.318. The quantitative estimate of drug-likeness (QED) is 0.425. The standard InChI is InChI=1S/C22H24N4O2S2/c1-5-28-20(27)18-15(4)23-21-24-22(25-26(21)19(18)17-7-6-10-29-17)30-12-16-9-8-13(2)11-14(16)3/h6-11,19H,5,12H2,1-4H3,(H,23,24,25)/t19-/m1/s1. The summed E-state index contributed by atoms with van der Waals surface area (Å²) in [4.78, 5) is 18.4. The molecule has 156 valence electrons.